The van der Waals surface area contributed by atoms with Gasteiger partial charge < -0.3 is 14.4 Å². The molecule has 6 heteroatoms. The van der Waals surface area contributed by atoms with Crippen LogP contribution in [0, 0.1) is 5.41 Å². The maximum atomic E-state index is 13.1. The average Bonchev–Trinajstić information content (AvgIpc) is 2.60. The maximum Gasteiger partial charge on any atom is 0.410 e. The summed E-state index contributed by atoms with van der Waals surface area (Å²) < 4.78 is 10.6. The molecule has 142 valence electrons. The Morgan fingerprint density at radius 1 is 1.08 bits per heavy atom. The van der Waals surface area contributed by atoms with Gasteiger partial charge in [-0.25, -0.2) is 4.79 Å². The van der Waals surface area contributed by atoms with Crippen molar-refractivity contribution in [2.24, 2.45) is 5.41 Å². The lowest BCUT2D eigenvalue weighted by molar-refractivity contribution is -0.154. The Morgan fingerprint density at radius 2 is 1.65 bits per heavy atom. The number of amides is 1. The molecule has 0 radical (unpaired) electrons. The summed E-state index contributed by atoms with van der Waals surface area (Å²) in [4.78, 5) is 39.6. The van der Waals surface area contributed by atoms with Gasteiger partial charge in [-0.15, -0.1) is 0 Å². The first-order valence-electron chi connectivity index (χ1n) is 8.94. The van der Waals surface area contributed by atoms with E-state index in [1.165, 1.54) is 0 Å². The molecule has 6 nitrogen and oxygen atoms in total. The van der Waals surface area contributed by atoms with Crippen molar-refractivity contribution in [2.45, 2.75) is 46.1 Å². The zero-order valence-corrected chi connectivity index (χ0v) is 15.9. The minimum atomic E-state index is -1.25. The van der Waals surface area contributed by atoms with Crippen molar-refractivity contribution in [2.75, 3.05) is 19.7 Å². The van der Waals surface area contributed by atoms with Crippen molar-refractivity contribution in [3.8, 4) is 0 Å². The van der Waals surface area contributed by atoms with Crippen LogP contribution in [-0.2, 0) is 14.3 Å². The second-order valence-corrected chi connectivity index (χ2v) is 7.47. The Bertz CT molecular complexity index is 655. The van der Waals surface area contributed by atoms with Crippen LogP contribution in [0.5, 0.6) is 0 Å². The number of benzene rings is 1. The van der Waals surface area contributed by atoms with Crippen LogP contribution in [0.25, 0.3) is 0 Å². The molecule has 1 aliphatic heterocycles. The predicted octanol–water partition coefficient (Wildman–Crippen LogP) is 3.45. The molecule has 0 spiro atoms. The number of likely N-dealkylation sites (tertiary alicyclic amines) is 1. The second kappa shape index (κ2) is 7.89. The lowest BCUT2D eigenvalue weighted by atomic mass is 9.72. The number of hydrogen-bond acceptors (Lipinski definition) is 5. The molecule has 0 aliphatic carbocycles. The standard InChI is InChI=1S/C20H27NO5/c1-5-25-17(23)20(16(22)15-9-7-6-8-10-15)11-13-21(14-12-20)18(24)26-19(2,3)4/h6-10H,5,11-14H2,1-4H3. The van der Waals surface area contributed by atoms with Crippen molar-refractivity contribution in [1.82, 2.24) is 4.90 Å². The van der Waals surface area contributed by atoms with Crippen LogP contribution in [0.2, 0.25) is 0 Å². The summed E-state index contributed by atoms with van der Waals surface area (Å²) in [5.41, 5.74) is -1.37. The molecule has 1 aromatic carbocycles. The highest BCUT2D eigenvalue weighted by molar-refractivity contribution is 6.12. The summed E-state index contributed by atoms with van der Waals surface area (Å²) in [6.45, 7) is 7.87. The first kappa shape index (κ1) is 19.9. The van der Waals surface area contributed by atoms with Crippen LogP contribution >= 0.6 is 0 Å². The zero-order valence-electron chi connectivity index (χ0n) is 15.9. The van der Waals surface area contributed by atoms with Gasteiger partial charge in [-0.05, 0) is 40.5 Å². The number of carbonyl (C=O) groups excluding carboxylic acids is 3. The van der Waals surface area contributed by atoms with E-state index in [0.29, 0.717) is 5.56 Å². The van der Waals surface area contributed by atoms with E-state index in [1.54, 1.807) is 56.9 Å². The van der Waals surface area contributed by atoms with Crippen molar-refractivity contribution < 1.29 is 23.9 Å². The Labute approximate surface area is 154 Å². The van der Waals surface area contributed by atoms with Gasteiger partial charge in [0.2, 0.25) is 0 Å². The van der Waals surface area contributed by atoms with Gasteiger partial charge in [-0.3, -0.25) is 9.59 Å². The lowest BCUT2D eigenvalue weighted by Crippen LogP contribution is -2.51. The van der Waals surface area contributed by atoms with Crippen LogP contribution < -0.4 is 0 Å². The molecule has 1 saturated heterocycles. The number of nitrogens with zero attached hydrogens (tertiary/aromatic N) is 1. The molecule has 1 aromatic rings. The molecule has 1 heterocycles. The molecule has 0 N–H and O–H groups in total. The number of esters is 1. The van der Waals surface area contributed by atoms with Crippen molar-refractivity contribution in [3.05, 3.63) is 35.9 Å². The second-order valence-electron chi connectivity index (χ2n) is 7.47. The Morgan fingerprint density at radius 3 is 2.15 bits per heavy atom. The van der Waals surface area contributed by atoms with E-state index in [1.807, 2.05) is 6.07 Å². The smallest absolute Gasteiger partial charge is 0.410 e. The van der Waals surface area contributed by atoms with Crippen LogP contribution in [0.4, 0.5) is 4.79 Å². The first-order valence-corrected chi connectivity index (χ1v) is 8.94. The van der Waals surface area contributed by atoms with Crippen LogP contribution in [0.15, 0.2) is 30.3 Å². The summed E-state index contributed by atoms with van der Waals surface area (Å²) in [6, 6.07) is 8.75. The normalized spacial score (nSPS) is 16.7. The summed E-state index contributed by atoms with van der Waals surface area (Å²) in [7, 11) is 0. The van der Waals surface area contributed by atoms with Gasteiger partial charge in [0.15, 0.2) is 5.78 Å². The minimum Gasteiger partial charge on any atom is -0.465 e. The van der Waals surface area contributed by atoms with Crippen molar-refractivity contribution in [1.29, 1.82) is 0 Å². The van der Waals surface area contributed by atoms with Gasteiger partial charge >= 0.3 is 12.1 Å². The number of carbonyl (C=O) groups is 3. The molecule has 0 aromatic heterocycles. The number of Topliss-reactive ketones (excluding diaryl/α,β-unsaturated/α-hetero) is 1. The number of rotatable bonds is 4. The highest BCUT2D eigenvalue weighted by Crippen LogP contribution is 2.37. The fourth-order valence-corrected chi connectivity index (χ4v) is 3.06. The Kier molecular flexibility index (Phi) is 6.05. The Hall–Kier alpha value is -2.37. The first-order chi connectivity index (χ1) is 12.2. The molecular formula is C20H27NO5. The Balaban J connectivity index is 2.20. The van der Waals surface area contributed by atoms with Crippen LogP contribution in [0.3, 0.4) is 0 Å². The number of hydrogen-bond donors (Lipinski definition) is 0. The van der Waals surface area contributed by atoms with E-state index in [9.17, 15) is 14.4 Å². The molecule has 0 atom stereocenters. The van der Waals surface area contributed by atoms with Gasteiger partial charge in [-0.1, -0.05) is 30.3 Å². The summed E-state index contributed by atoms with van der Waals surface area (Å²) >= 11 is 0. The van der Waals surface area contributed by atoms with Crippen molar-refractivity contribution in [3.63, 3.8) is 0 Å². The molecule has 0 unspecified atom stereocenters. The van der Waals surface area contributed by atoms with Crippen LogP contribution in [0.1, 0.15) is 50.9 Å². The highest BCUT2D eigenvalue weighted by atomic mass is 16.6. The molecule has 1 aliphatic rings. The molecule has 0 saturated carbocycles. The molecule has 1 amide bonds. The van der Waals surface area contributed by atoms with E-state index in [0.717, 1.165) is 0 Å². The zero-order chi connectivity index (χ0) is 19.4. The quantitative estimate of drug-likeness (QED) is 0.466. The summed E-state index contributed by atoms with van der Waals surface area (Å²) in [5, 5.41) is 0. The van der Waals surface area contributed by atoms with Gasteiger partial charge in [-0.2, -0.15) is 0 Å². The molecule has 0 bridgehead atoms. The van der Waals surface area contributed by atoms with Gasteiger partial charge in [0, 0.05) is 18.7 Å². The third kappa shape index (κ3) is 4.42. The van der Waals surface area contributed by atoms with E-state index < -0.39 is 23.1 Å². The van der Waals surface area contributed by atoms with E-state index >= 15 is 0 Å². The minimum absolute atomic E-state index is 0.207. The third-order valence-electron chi connectivity index (χ3n) is 4.41. The number of ether oxygens (including phenoxy) is 2. The van der Waals surface area contributed by atoms with Gasteiger partial charge in [0.1, 0.15) is 11.0 Å². The monoisotopic (exact) mass is 361 g/mol. The fourth-order valence-electron chi connectivity index (χ4n) is 3.06. The van der Waals surface area contributed by atoms with Gasteiger partial charge in [0.05, 0.1) is 6.61 Å². The topological polar surface area (TPSA) is 72.9 Å². The number of ketones is 1. The van der Waals surface area contributed by atoms with E-state index in [2.05, 4.69) is 0 Å². The molecule has 26 heavy (non-hydrogen) atoms. The SMILES string of the molecule is CCOC(=O)C1(C(=O)c2ccccc2)CCN(C(=O)OC(C)(C)C)CC1. The third-order valence-corrected chi connectivity index (χ3v) is 4.41. The van der Waals surface area contributed by atoms with E-state index in [-0.39, 0.29) is 38.3 Å². The van der Waals surface area contributed by atoms with Crippen molar-refractivity contribution >= 4 is 17.8 Å². The largest absolute Gasteiger partial charge is 0.465 e. The highest BCUT2D eigenvalue weighted by Gasteiger charge is 2.50. The van der Waals surface area contributed by atoms with Gasteiger partial charge in [0.25, 0.3) is 0 Å². The van der Waals surface area contributed by atoms with E-state index in [4.69, 9.17) is 9.47 Å². The molecular weight excluding hydrogens is 334 g/mol. The number of piperidine rings is 1. The molecule has 1 fully saturated rings. The van der Waals surface area contributed by atoms with Crippen LogP contribution in [-0.4, -0.2) is 48.0 Å². The molecule has 2 rings (SSSR count). The lowest BCUT2D eigenvalue weighted by Gasteiger charge is -2.39. The fraction of sp³-hybridized carbons (Fsp3) is 0.550. The summed E-state index contributed by atoms with van der Waals surface area (Å²) in [5.74, 6) is -0.766. The predicted molar refractivity (Wildman–Crippen MR) is 96.9 cm³/mol. The average molecular weight is 361 g/mol. The summed E-state index contributed by atoms with van der Waals surface area (Å²) in [6.07, 6.45) is 0.0135. The maximum absolute atomic E-state index is 13.1.